The summed E-state index contributed by atoms with van der Waals surface area (Å²) in [5.41, 5.74) is 0. The van der Waals surface area contributed by atoms with Crippen LogP contribution >= 0.6 is 0 Å². The molecule has 0 aromatic carbocycles. The summed E-state index contributed by atoms with van der Waals surface area (Å²) in [5, 5.41) is 10.3. The predicted molar refractivity (Wildman–Crippen MR) is 62.9 cm³/mol. The van der Waals surface area contributed by atoms with Gasteiger partial charge in [0.2, 0.25) is 10.0 Å². The molecule has 1 aromatic heterocycles. The summed E-state index contributed by atoms with van der Waals surface area (Å²) in [6.07, 6.45) is 5.84. The lowest BCUT2D eigenvalue weighted by Gasteiger charge is -2.23. The minimum Gasteiger partial charge on any atom is -0.313 e. The lowest BCUT2D eigenvalue weighted by molar-refractivity contribution is 0.424. The van der Waals surface area contributed by atoms with E-state index >= 15 is 0 Å². The number of piperidine rings is 1. The number of nitrogens with zero attached hydrogens (tertiary/aromatic N) is 3. The van der Waals surface area contributed by atoms with Crippen LogP contribution in [0.25, 0.3) is 0 Å². The summed E-state index contributed by atoms with van der Waals surface area (Å²) in [5.74, 6) is 0.0638. The maximum Gasteiger partial charge on any atom is 0.256 e. The first-order chi connectivity index (χ1) is 8.16. The number of anilines is 1. The standard InChI is InChI=1S/C9H15N5O2S/c15-17(16,7-8-3-1-2-4-10-8)14-9-11-5-6-12-13-9/h5-6,8,10H,1-4,7H2,(H,11,13,14). The van der Waals surface area contributed by atoms with Gasteiger partial charge in [-0.2, -0.15) is 5.10 Å². The van der Waals surface area contributed by atoms with Crippen molar-refractivity contribution in [2.45, 2.75) is 25.3 Å². The van der Waals surface area contributed by atoms with Gasteiger partial charge in [0, 0.05) is 6.04 Å². The highest BCUT2D eigenvalue weighted by Gasteiger charge is 2.21. The Balaban J connectivity index is 1.94. The molecule has 0 radical (unpaired) electrons. The number of rotatable bonds is 4. The van der Waals surface area contributed by atoms with Gasteiger partial charge in [-0.3, -0.25) is 0 Å². The first-order valence-corrected chi connectivity index (χ1v) is 7.18. The van der Waals surface area contributed by atoms with Crippen molar-refractivity contribution >= 4 is 16.0 Å². The molecule has 2 N–H and O–H groups in total. The fourth-order valence-corrected chi connectivity index (χ4v) is 3.08. The van der Waals surface area contributed by atoms with Gasteiger partial charge in [0.25, 0.3) is 5.95 Å². The minimum absolute atomic E-state index is 0.0120. The molecular formula is C9H15N5O2S. The van der Waals surface area contributed by atoms with Gasteiger partial charge in [0.15, 0.2) is 0 Å². The van der Waals surface area contributed by atoms with E-state index in [1.54, 1.807) is 0 Å². The third kappa shape index (κ3) is 3.90. The number of nitrogens with one attached hydrogen (secondary N) is 2. The average Bonchev–Trinajstić information content (AvgIpc) is 2.30. The first kappa shape index (κ1) is 12.2. The lowest BCUT2D eigenvalue weighted by atomic mass is 10.1. The highest BCUT2D eigenvalue weighted by molar-refractivity contribution is 7.92. The van der Waals surface area contributed by atoms with E-state index in [1.807, 2.05) is 0 Å². The van der Waals surface area contributed by atoms with Crippen LogP contribution in [-0.4, -0.2) is 41.9 Å². The van der Waals surface area contributed by atoms with Crippen molar-refractivity contribution in [3.63, 3.8) is 0 Å². The molecule has 0 bridgehead atoms. The van der Waals surface area contributed by atoms with Crippen molar-refractivity contribution < 1.29 is 8.42 Å². The molecule has 2 rings (SSSR count). The van der Waals surface area contributed by atoms with E-state index in [0.29, 0.717) is 0 Å². The summed E-state index contributed by atoms with van der Waals surface area (Å²) in [7, 11) is -3.41. The van der Waals surface area contributed by atoms with Gasteiger partial charge < -0.3 is 5.32 Å². The Bertz CT molecular complexity index is 444. The molecule has 1 aromatic rings. The maximum atomic E-state index is 11.8. The van der Waals surface area contributed by atoms with Crippen LogP contribution in [0.2, 0.25) is 0 Å². The molecule has 0 spiro atoms. The van der Waals surface area contributed by atoms with Gasteiger partial charge in [-0.15, -0.1) is 5.10 Å². The molecule has 1 fully saturated rings. The molecule has 0 aliphatic carbocycles. The third-order valence-corrected chi connectivity index (χ3v) is 3.90. The van der Waals surface area contributed by atoms with Crippen LogP contribution in [0.1, 0.15) is 19.3 Å². The van der Waals surface area contributed by atoms with Crippen molar-refractivity contribution in [2.24, 2.45) is 0 Å². The van der Waals surface area contributed by atoms with E-state index < -0.39 is 10.0 Å². The lowest BCUT2D eigenvalue weighted by Crippen LogP contribution is -2.40. The van der Waals surface area contributed by atoms with Gasteiger partial charge in [0.1, 0.15) is 0 Å². The Labute approximate surface area is 100 Å². The fraction of sp³-hybridized carbons (Fsp3) is 0.667. The van der Waals surface area contributed by atoms with Crippen LogP contribution in [0.3, 0.4) is 0 Å². The molecule has 17 heavy (non-hydrogen) atoms. The predicted octanol–water partition coefficient (Wildman–Crippen LogP) is -0.245. The Kier molecular flexibility index (Phi) is 3.85. The SMILES string of the molecule is O=S(=O)(CC1CCCCN1)Nc1nccnn1. The molecule has 1 aliphatic heterocycles. The molecule has 1 atom stereocenters. The minimum atomic E-state index is -3.41. The van der Waals surface area contributed by atoms with E-state index in [-0.39, 0.29) is 17.7 Å². The Hall–Kier alpha value is -1.28. The second-order valence-corrected chi connectivity index (χ2v) is 5.76. The summed E-state index contributed by atoms with van der Waals surface area (Å²) >= 11 is 0. The van der Waals surface area contributed by atoms with Crippen LogP contribution in [0.4, 0.5) is 5.95 Å². The van der Waals surface area contributed by atoms with Crippen LogP contribution < -0.4 is 10.0 Å². The van der Waals surface area contributed by atoms with Gasteiger partial charge in [-0.25, -0.2) is 18.1 Å². The zero-order chi connectivity index (χ0) is 12.1. The zero-order valence-electron chi connectivity index (χ0n) is 9.33. The number of hydrogen-bond acceptors (Lipinski definition) is 6. The second-order valence-electron chi connectivity index (χ2n) is 4.00. The van der Waals surface area contributed by atoms with E-state index in [1.165, 1.54) is 12.4 Å². The zero-order valence-corrected chi connectivity index (χ0v) is 10.2. The van der Waals surface area contributed by atoms with E-state index in [9.17, 15) is 8.42 Å². The molecule has 7 nitrogen and oxygen atoms in total. The van der Waals surface area contributed by atoms with Crippen LogP contribution in [0, 0.1) is 0 Å². The summed E-state index contributed by atoms with van der Waals surface area (Å²) in [6, 6.07) is 0.0120. The van der Waals surface area contributed by atoms with Crippen LogP contribution in [0.5, 0.6) is 0 Å². The van der Waals surface area contributed by atoms with E-state index in [0.717, 1.165) is 25.8 Å². The second kappa shape index (κ2) is 5.37. The molecular weight excluding hydrogens is 242 g/mol. The molecule has 1 saturated heterocycles. The van der Waals surface area contributed by atoms with Crippen molar-refractivity contribution in [1.82, 2.24) is 20.5 Å². The molecule has 8 heteroatoms. The number of aromatic nitrogens is 3. The van der Waals surface area contributed by atoms with Gasteiger partial charge in [-0.05, 0) is 19.4 Å². The topological polar surface area (TPSA) is 96.9 Å². The molecule has 1 unspecified atom stereocenters. The molecule has 94 valence electrons. The van der Waals surface area contributed by atoms with E-state index in [4.69, 9.17) is 0 Å². The molecule has 0 amide bonds. The van der Waals surface area contributed by atoms with Crippen molar-refractivity contribution in [3.8, 4) is 0 Å². The summed E-state index contributed by atoms with van der Waals surface area (Å²) < 4.78 is 25.9. The monoisotopic (exact) mass is 257 g/mol. The Morgan fingerprint density at radius 3 is 2.94 bits per heavy atom. The van der Waals surface area contributed by atoms with Crippen LogP contribution in [0.15, 0.2) is 12.4 Å². The fourth-order valence-electron chi connectivity index (χ4n) is 1.81. The largest absolute Gasteiger partial charge is 0.313 e. The maximum absolute atomic E-state index is 11.8. The highest BCUT2D eigenvalue weighted by Crippen LogP contribution is 2.10. The Morgan fingerprint density at radius 2 is 2.29 bits per heavy atom. The summed E-state index contributed by atoms with van der Waals surface area (Å²) in [6.45, 7) is 0.879. The quantitative estimate of drug-likeness (QED) is 0.772. The van der Waals surface area contributed by atoms with Crippen molar-refractivity contribution in [1.29, 1.82) is 0 Å². The third-order valence-electron chi connectivity index (χ3n) is 2.56. The number of hydrogen-bond donors (Lipinski definition) is 2. The normalized spacial score (nSPS) is 21.1. The first-order valence-electron chi connectivity index (χ1n) is 5.53. The Morgan fingerprint density at radius 1 is 1.41 bits per heavy atom. The van der Waals surface area contributed by atoms with Gasteiger partial charge >= 0.3 is 0 Å². The van der Waals surface area contributed by atoms with E-state index in [2.05, 4.69) is 25.2 Å². The molecule has 1 aliphatic rings. The smallest absolute Gasteiger partial charge is 0.256 e. The van der Waals surface area contributed by atoms with Gasteiger partial charge in [-0.1, -0.05) is 6.42 Å². The average molecular weight is 257 g/mol. The van der Waals surface area contributed by atoms with Crippen molar-refractivity contribution in [3.05, 3.63) is 12.4 Å². The number of sulfonamides is 1. The molecule has 0 saturated carbocycles. The summed E-state index contributed by atoms with van der Waals surface area (Å²) in [4.78, 5) is 3.77. The van der Waals surface area contributed by atoms with Crippen LogP contribution in [-0.2, 0) is 10.0 Å². The molecule has 2 heterocycles. The highest BCUT2D eigenvalue weighted by atomic mass is 32.2. The van der Waals surface area contributed by atoms with Gasteiger partial charge in [0.05, 0.1) is 18.1 Å². The van der Waals surface area contributed by atoms with Crippen molar-refractivity contribution in [2.75, 3.05) is 17.0 Å².